The van der Waals surface area contributed by atoms with Gasteiger partial charge in [-0.2, -0.15) is 44.2 Å². The summed E-state index contributed by atoms with van der Waals surface area (Å²) in [7, 11) is 3.11. The van der Waals surface area contributed by atoms with Gasteiger partial charge in [0.15, 0.2) is 12.4 Å². The molecule has 10 nitrogen and oxygen atoms in total. The maximum absolute atomic E-state index is 9.06. The Bertz CT molecular complexity index is 690. The van der Waals surface area contributed by atoms with Crippen molar-refractivity contribution in [3.05, 3.63) is 23.5 Å². The van der Waals surface area contributed by atoms with Crippen molar-refractivity contribution < 1.29 is 0 Å². The van der Waals surface area contributed by atoms with Gasteiger partial charge in [-0.05, 0) is 11.1 Å². The average Bonchev–Trinajstić information content (AvgIpc) is 2.73. The number of hydrogen-bond donors (Lipinski definition) is 2. The molecule has 28 heavy (non-hydrogen) atoms. The van der Waals surface area contributed by atoms with Gasteiger partial charge in [0.1, 0.15) is 0 Å². The van der Waals surface area contributed by atoms with Crippen LogP contribution in [0.1, 0.15) is 11.1 Å². The van der Waals surface area contributed by atoms with E-state index in [2.05, 4.69) is 20.2 Å². The smallest absolute Gasteiger partial charge is 0.204 e. The first-order valence-electron chi connectivity index (χ1n) is 8.30. The Balaban J connectivity index is 2.46. The minimum atomic E-state index is 0.214. The Kier molecular flexibility index (Phi) is 11.2. The Labute approximate surface area is 173 Å². The molecule has 0 radical (unpaired) electrons. The van der Waals surface area contributed by atoms with E-state index in [1.165, 1.54) is 9.80 Å². The highest BCUT2D eigenvalue weighted by Crippen LogP contribution is 2.20. The Morgan fingerprint density at radius 2 is 1.32 bits per heavy atom. The van der Waals surface area contributed by atoms with E-state index >= 15 is 0 Å². The molecule has 1 aromatic heterocycles. The van der Waals surface area contributed by atoms with Crippen LogP contribution >= 0.6 is 23.5 Å². The van der Waals surface area contributed by atoms with Crippen molar-refractivity contribution >= 4 is 35.4 Å². The van der Waals surface area contributed by atoms with Crippen LogP contribution in [-0.4, -0.2) is 70.6 Å². The minimum Gasteiger partial charge on any atom is -0.369 e. The molecular weight excluding hydrogens is 396 g/mol. The van der Waals surface area contributed by atoms with E-state index in [1.807, 2.05) is 12.4 Å². The first-order valence-corrected chi connectivity index (χ1v) is 10.6. The van der Waals surface area contributed by atoms with Crippen molar-refractivity contribution in [2.24, 2.45) is 21.5 Å². The van der Waals surface area contributed by atoms with Crippen LogP contribution in [0.2, 0.25) is 0 Å². The first-order chi connectivity index (χ1) is 13.6. The molecule has 0 spiro atoms. The van der Waals surface area contributed by atoms with E-state index in [4.69, 9.17) is 22.0 Å². The number of nitriles is 2. The van der Waals surface area contributed by atoms with Crippen molar-refractivity contribution in [1.29, 1.82) is 10.5 Å². The number of thioether (sulfide) groups is 2. The molecule has 0 fully saturated rings. The Morgan fingerprint density at radius 1 is 0.929 bits per heavy atom. The van der Waals surface area contributed by atoms with Gasteiger partial charge in [-0.3, -0.25) is 9.98 Å². The third-order valence-electron chi connectivity index (χ3n) is 3.59. The zero-order valence-corrected chi connectivity index (χ0v) is 17.6. The lowest BCUT2D eigenvalue weighted by molar-refractivity contribution is 0.606. The number of nitrogens with zero attached hydrogens (tertiary/aromatic N) is 8. The van der Waals surface area contributed by atoms with Crippen LogP contribution in [0.4, 0.5) is 0 Å². The van der Waals surface area contributed by atoms with E-state index in [0.717, 1.165) is 34.1 Å². The summed E-state index contributed by atoms with van der Waals surface area (Å²) in [5.41, 5.74) is 13.5. The lowest BCUT2D eigenvalue weighted by atomic mass is 10.2. The molecule has 1 aromatic rings. The molecule has 12 heteroatoms. The zero-order chi connectivity index (χ0) is 20.8. The summed E-state index contributed by atoms with van der Waals surface area (Å²) in [4.78, 5) is 10.4. The van der Waals surface area contributed by atoms with Crippen LogP contribution in [0.15, 0.2) is 22.4 Å². The molecule has 0 saturated heterocycles. The van der Waals surface area contributed by atoms with Crippen molar-refractivity contribution in [3.8, 4) is 12.4 Å². The van der Waals surface area contributed by atoms with Crippen molar-refractivity contribution in [3.63, 3.8) is 0 Å². The Hall–Kier alpha value is -2.70. The highest BCUT2D eigenvalue weighted by atomic mass is 32.2. The fraction of sp³-hybridized carbons (Fsp3) is 0.500. The molecule has 0 saturated carbocycles. The lowest BCUT2D eigenvalue weighted by Crippen LogP contribution is -2.34. The standard InChI is InChI=1S/C16H24N10S2/c1-21-15(19)25(11-17)3-5-27-9-13-7-23-24-8-14(13)10-28-6-4-26(12-18)16(20)22-2/h7-8H,3-6,9-10H2,1-2H3,(H2,19,21)(H2,20,22). The summed E-state index contributed by atoms with van der Waals surface area (Å²) in [5.74, 6) is 3.40. The maximum Gasteiger partial charge on any atom is 0.204 e. The molecule has 0 aliphatic carbocycles. The van der Waals surface area contributed by atoms with Crippen molar-refractivity contribution in [2.75, 3.05) is 38.7 Å². The van der Waals surface area contributed by atoms with Crippen LogP contribution in [0, 0.1) is 22.9 Å². The largest absolute Gasteiger partial charge is 0.369 e. The molecule has 0 atom stereocenters. The third-order valence-corrected chi connectivity index (χ3v) is 5.57. The molecule has 0 aliphatic heterocycles. The summed E-state index contributed by atoms with van der Waals surface area (Å²) >= 11 is 3.37. The fourth-order valence-corrected chi connectivity index (χ4v) is 3.85. The third kappa shape index (κ3) is 7.90. The van der Waals surface area contributed by atoms with E-state index in [9.17, 15) is 0 Å². The van der Waals surface area contributed by atoms with Gasteiger partial charge in [0.25, 0.3) is 0 Å². The second-order valence-corrected chi connectivity index (χ2v) is 7.52. The molecule has 0 unspecified atom stereocenters. The van der Waals surface area contributed by atoms with Gasteiger partial charge in [0.05, 0.1) is 12.4 Å². The van der Waals surface area contributed by atoms with E-state index in [-0.39, 0.29) is 11.9 Å². The number of rotatable bonds is 10. The highest BCUT2D eigenvalue weighted by molar-refractivity contribution is 7.98. The van der Waals surface area contributed by atoms with Gasteiger partial charge in [-0.1, -0.05) is 0 Å². The topological polar surface area (TPSA) is 157 Å². The van der Waals surface area contributed by atoms with Gasteiger partial charge in [0, 0.05) is 50.2 Å². The molecule has 1 heterocycles. The maximum atomic E-state index is 9.06. The predicted molar refractivity (Wildman–Crippen MR) is 114 cm³/mol. The number of hydrogen-bond acceptors (Lipinski definition) is 8. The van der Waals surface area contributed by atoms with Gasteiger partial charge >= 0.3 is 0 Å². The van der Waals surface area contributed by atoms with Gasteiger partial charge in [0.2, 0.25) is 11.9 Å². The van der Waals surface area contributed by atoms with Crippen LogP contribution in [0.5, 0.6) is 0 Å². The molecule has 4 N–H and O–H groups in total. The quantitative estimate of drug-likeness (QED) is 0.178. The molecule has 150 valence electrons. The molecular formula is C16H24N10S2. The summed E-state index contributed by atoms with van der Waals surface area (Å²) in [6.07, 6.45) is 7.55. The summed E-state index contributed by atoms with van der Waals surface area (Å²) in [5, 5.41) is 26.0. The monoisotopic (exact) mass is 420 g/mol. The van der Waals surface area contributed by atoms with E-state index in [1.54, 1.807) is 50.0 Å². The first kappa shape index (κ1) is 23.3. The van der Waals surface area contributed by atoms with Crippen LogP contribution in [-0.2, 0) is 11.5 Å². The van der Waals surface area contributed by atoms with Crippen LogP contribution in [0.3, 0.4) is 0 Å². The van der Waals surface area contributed by atoms with Gasteiger partial charge < -0.3 is 11.5 Å². The van der Waals surface area contributed by atoms with Crippen LogP contribution in [0.25, 0.3) is 0 Å². The number of aliphatic imine (C=N–C) groups is 2. The molecule has 1 rings (SSSR count). The molecule has 0 aliphatic rings. The SMILES string of the molecule is CN=C(N)N(C#N)CCSCc1cnncc1CSCCN(C#N)C(N)=NC. The number of aromatic nitrogens is 2. The summed E-state index contributed by atoms with van der Waals surface area (Å²) < 4.78 is 0. The van der Waals surface area contributed by atoms with E-state index in [0.29, 0.717) is 13.1 Å². The highest BCUT2D eigenvalue weighted by Gasteiger charge is 2.09. The van der Waals surface area contributed by atoms with Gasteiger partial charge in [-0.15, -0.1) is 0 Å². The number of nitrogens with two attached hydrogens (primary N) is 2. The summed E-state index contributed by atoms with van der Waals surface area (Å²) in [6, 6.07) is 0. The molecule has 0 aromatic carbocycles. The second-order valence-electron chi connectivity index (χ2n) is 5.31. The van der Waals surface area contributed by atoms with E-state index < -0.39 is 0 Å². The fourth-order valence-electron chi connectivity index (χ4n) is 1.98. The second kappa shape index (κ2) is 13.5. The van der Waals surface area contributed by atoms with Crippen molar-refractivity contribution in [1.82, 2.24) is 20.0 Å². The predicted octanol–water partition coefficient (Wildman–Crippen LogP) is 0.398. The number of guanidine groups is 2. The van der Waals surface area contributed by atoms with Crippen molar-refractivity contribution in [2.45, 2.75) is 11.5 Å². The molecule has 0 bridgehead atoms. The molecule has 0 amide bonds. The summed E-state index contributed by atoms with van der Waals surface area (Å²) in [6.45, 7) is 0.995. The average molecular weight is 421 g/mol. The minimum absolute atomic E-state index is 0.214. The van der Waals surface area contributed by atoms with Crippen LogP contribution < -0.4 is 11.5 Å². The zero-order valence-electron chi connectivity index (χ0n) is 15.9. The van der Waals surface area contributed by atoms with Gasteiger partial charge in [-0.25, -0.2) is 9.80 Å². The normalized spacial score (nSPS) is 11.6. The lowest BCUT2D eigenvalue weighted by Gasteiger charge is -2.14. The Morgan fingerprint density at radius 3 is 1.64 bits per heavy atom.